The fraction of sp³-hybridized carbons (Fsp3) is 0.222. The molecule has 0 aromatic heterocycles. The van der Waals surface area contributed by atoms with E-state index in [1.165, 1.54) is 0 Å². The zero-order chi connectivity index (χ0) is 8.81. The molecule has 3 heteroatoms. The highest BCUT2D eigenvalue weighted by Gasteiger charge is 2.02. The molecule has 0 aliphatic carbocycles. The van der Waals surface area contributed by atoms with Crippen molar-refractivity contribution in [3.63, 3.8) is 0 Å². The molecule has 0 spiro atoms. The fourth-order valence-electron chi connectivity index (χ4n) is 0.930. The minimum atomic E-state index is -0.821. The molecule has 0 N–H and O–H groups in total. The summed E-state index contributed by atoms with van der Waals surface area (Å²) in [4.78, 5) is 13.4. The summed E-state index contributed by atoms with van der Waals surface area (Å²) in [5.41, 5.74) is 1.00. The summed E-state index contributed by atoms with van der Waals surface area (Å²) in [6, 6.07) is 9.39. The van der Waals surface area contributed by atoms with E-state index in [4.69, 9.17) is 0 Å². The molecule has 0 atom stereocenters. The highest BCUT2D eigenvalue weighted by molar-refractivity contribution is 5.68. The highest BCUT2D eigenvalue weighted by atomic mass is 19.3. The van der Waals surface area contributed by atoms with Gasteiger partial charge >= 0.3 is 5.97 Å². The third-order valence-electron chi connectivity index (χ3n) is 1.55. The van der Waals surface area contributed by atoms with Crippen molar-refractivity contribution in [2.75, 3.05) is 0 Å². The fourth-order valence-corrected chi connectivity index (χ4v) is 0.930. The van der Waals surface area contributed by atoms with Gasteiger partial charge in [0, 0.05) is 4.53 Å². The van der Waals surface area contributed by atoms with E-state index in [1.807, 2.05) is 30.3 Å². The van der Waals surface area contributed by atoms with Crippen molar-refractivity contribution in [2.24, 2.45) is 0 Å². The number of aryl methyl sites for hydroxylation is 1. The second-order valence-corrected chi connectivity index (χ2v) is 2.43. The van der Waals surface area contributed by atoms with Crippen LogP contribution >= 0.6 is 0 Å². The van der Waals surface area contributed by atoms with Crippen molar-refractivity contribution in [2.45, 2.75) is 12.8 Å². The van der Waals surface area contributed by atoms with Crippen LogP contribution in [-0.2, 0) is 16.2 Å². The largest absolute Gasteiger partial charge is 0.349 e. The van der Waals surface area contributed by atoms with Gasteiger partial charge in [-0.1, -0.05) is 30.3 Å². The zero-order valence-electron chi connectivity index (χ0n) is 6.50. The molecule has 0 aliphatic heterocycles. The first kappa shape index (κ1) is 8.71. The van der Waals surface area contributed by atoms with E-state index in [2.05, 4.69) is 4.94 Å². The van der Waals surface area contributed by atoms with Gasteiger partial charge in [-0.15, -0.1) is 0 Å². The average Bonchev–Trinajstić information content (AvgIpc) is 2.16. The average molecular weight is 168 g/mol. The molecular formula is C9H9FO2. The lowest BCUT2D eigenvalue weighted by molar-refractivity contribution is -0.183. The van der Waals surface area contributed by atoms with E-state index < -0.39 is 5.97 Å². The lowest BCUT2D eigenvalue weighted by atomic mass is 10.1. The van der Waals surface area contributed by atoms with Crippen LogP contribution < -0.4 is 0 Å². The first-order valence-electron chi connectivity index (χ1n) is 3.68. The maximum Gasteiger partial charge on any atom is 0.349 e. The lowest BCUT2D eigenvalue weighted by Gasteiger charge is -1.96. The van der Waals surface area contributed by atoms with Gasteiger partial charge in [0.2, 0.25) is 0 Å². The Morgan fingerprint density at radius 1 is 1.33 bits per heavy atom. The van der Waals surface area contributed by atoms with Crippen LogP contribution in [0.25, 0.3) is 0 Å². The molecule has 0 radical (unpaired) electrons. The Morgan fingerprint density at radius 3 is 2.58 bits per heavy atom. The maximum absolute atomic E-state index is 11.2. The van der Waals surface area contributed by atoms with Crippen LogP contribution in [0.3, 0.4) is 0 Å². The monoisotopic (exact) mass is 168 g/mol. The van der Waals surface area contributed by atoms with Crippen molar-refractivity contribution in [1.82, 2.24) is 0 Å². The molecule has 0 fully saturated rings. The van der Waals surface area contributed by atoms with E-state index >= 15 is 0 Å². The number of halogens is 1. The van der Waals surface area contributed by atoms with Crippen LogP contribution in [0.15, 0.2) is 30.3 Å². The molecular weight excluding hydrogens is 159 g/mol. The van der Waals surface area contributed by atoms with Gasteiger partial charge in [0.25, 0.3) is 0 Å². The van der Waals surface area contributed by atoms with Gasteiger partial charge in [0.1, 0.15) is 0 Å². The van der Waals surface area contributed by atoms with E-state index in [-0.39, 0.29) is 6.42 Å². The van der Waals surface area contributed by atoms with E-state index in [1.54, 1.807) is 0 Å². The quantitative estimate of drug-likeness (QED) is 0.690. The van der Waals surface area contributed by atoms with Crippen molar-refractivity contribution in [3.05, 3.63) is 35.9 Å². The van der Waals surface area contributed by atoms with Gasteiger partial charge in [-0.3, -0.25) is 4.94 Å². The zero-order valence-corrected chi connectivity index (χ0v) is 6.50. The molecule has 1 aromatic rings. The third-order valence-corrected chi connectivity index (χ3v) is 1.55. The normalized spacial score (nSPS) is 9.42. The summed E-state index contributed by atoms with van der Waals surface area (Å²) in [5, 5.41) is 0. The minimum Gasteiger partial charge on any atom is -0.255 e. The molecule has 1 rings (SSSR count). The molecule has 64 valence electrons. The Morgan fingerprint density at radius 2 is 2.00 bits per heavy atom. The van der Waals surface area contributed by atoms with Crippen molar-refractivity contribution in [3.8, 4) is 0 Å². The maximum atomic E-state index is 11.2. The third kappa shape index (κ3) is 2.70. The molecule has 2 nitrogen and oxygen atoms in total. The van der Waals surface area contributed by atoms with Crippen LogP contribution in [0, 0.1) is 0 Å². The van der Waals surface area contributed by atoms with Gasteiger partial charge in [0.15, 0.2) is 0 Å². The summed E-state index contributed by atoms with van der Waals surface area (Å²) in [6.07, 6.45) is 0.601. The van der Waals surface area contributed by atoms with Gasteiger partial charge in [-0.05, 0) is 12.0 Å². The summed E-state index contributed by atoms with van der Waals surface area (Å²) < 4.78 is 11.2. The van der Waals surface area contributed by atoms with Crippen LogP contribution in [0.4, 0.5) is 4.53 Å². The molecule has 0 saturated heterocycles. The Labute approximate surface area is 69.9 Å². The molecule has 0 saturated carbocycles. The van der Waals surface area contributed by atoms with Crippen LogP contribution in [0.2, 0.25) is 0 Å². The number of hydrogen-bond acceptors (Lipinski definition) is 2. The van der Waals surface area contributed by atoms with Gasteiger partial charge in [-0.25, -0.2) is 4.79 Å². The van der Waals surface area contributed by atoms with E-state index in [9.17, 15) is 9.32 Å². The van der Waals surface area contributed by atoms with Crippen LogP contribution in [0.1, 0.15) is 12.0 Å². The Bertz CT molecular complexity index is 246. The number of carbonyl (C=O) groups excluding carboxylic acids is 1. The second-order valence-electron chi connectivity index (χ2n) is 2.43. The van der Waals surface area contributed by atoms with E-state index in [0.717, 1.165) is 5.56 Å². The van der Waals surface area contributed by atoms with E-state index in [0.29, 0.717) is 6.42 Å². The Balaban J connectivity index is 2.38. The molecule has 0 aliphatic rings. The summed E-state index contributed by atoms with van der Waals surface area (Å²) >= 11 is 0. The predicted molar refractivity (Wildman–Crippen MR) is 42.0 cm³/mol. The predicted octanol–water partition coefficient (Wildman–Crippen LogP) is 2.05. The number of hydrogen-bond donors (Lipinski definition) is 0. The van der Waals surface area contributed by atoms with Crippen LogP contribution in [-0.4, -0.2) is 5.97 Å². The minimum absolute atomic E-state index is 0.0838. The summed E-state index contributed by atoms with van der Waals surface area (Å²) in [7, 11) is 0. The first-order valence-corrected chi connectivity index (χ1v) is 3.68. The van der Waals surface area contributed by atoms with Gasteiger partial charge < -0.3 is 0 Å². The Kier molecular flexibility index (Phi) is 3.26. The number of benzene rings is 1. The number of rotatable bonds is 3. The lowest BCUT2D eigenvalue weighted by Crippen LogP contribution is -1.99. The first-order chi connectivity index (χ1) is 5.83. The topological polar surface area (TPSA) is 26.3 Å². The van der Waals surface area contributed by atoms with Crippen molar-refractivity contribution >= 4 is 5.97 Å². The molecule has 1 aromatic carbocycles. The SMILES string of the molecule is O=C(CCc1ccccc1)OF. The van der Waals surface area contributed by atoms with Crippen molar-refractivity contribution < 1.29 is 14.3 Å². The molecule has 12 heavy (non-hydrogen) atoms. The van der Waals surface area contributed by atoms with Gasteiger partial charge in [-0.2, -0.15) is 0 Å². The molecule has 0 amide bonds. The Hall–Kier alpha value is -1.38. The second kappa shape index (κ2) is 4.49. The number of carbonyl (C=O) groups is 1. The standard InChI is InChI=1S/C9H9FO2/c10-12-9(11)7-6-8-4-2-1-3-5-8/h1-5H,6-7H2. The summed E-state index contributed by atoms with van der Waals surface area (Å²) in [5.74, 6) is -0.821. The molecule has 0 unspecified atom stereocenters. The highest BCUT2D eigenvalue weighted by Crippen LogP contribution is 2.02. The van der Waals surface area contributed by atoms with Gasteiger partial charge in [0.05, 0.1) is 6.42 Å². The molecule has 0 heterocycles. The smallest absolute Gasteiger partial charge is 0.255 e. The van der Waals surface area contributed by atoms with Crippen LogP contribution in [0.5, 0.6) is 0 Å². The molecule has 0 bridgehead atoms. The summed E-state index contributed by atoms with van der Waals surface area (Å²) in [6.45, 7) is 0. The van der Waals surface area contributed by atoms with Crippen molar-refractivity contribution in [1.29, 1.82) is 0 Å².